The van der Waals surface area contributed by atoms with Gasteiger partial charge in [0.05, 0.1) is 12.8 Å². The van der Waals surface area contributed by atoms with Crippen molar-refractivity contribution >= 4 is 22.8 Å². The van der Waals surface area contributed by atoms with Crippen molar-refractivity contribution < 1.29 is 4.74 Å². The van der Waals surface area contributed by atoms with Gasteiger partial charge >= 0.3 is 0 Å². The molecule has 1 aromatic carbocycles. The average molecular weight is 369 g/mol. The van der Waals surface area contributed by atoms with Gasteiger partial charge < -0.3 is 21.1 Å². The maximum Gasteiger partial charge on any atom is 0.225 e. The summed E-state index contributed by atoms with van der Waals surface area (Å²) < 4.78 is 5.29. The fourth-order valence-corrected chi connectivity index (χ4v) is 2.79. The van der Waals surface area contributed by atoms with Crippen molar-refractivity contribution in [1.82, 2.24) is 20.2 Å². The Morgan fingerprint density at radius 3 is 2.78 bits per heavy atom. The van der Waals surface area contributed by atoms with Gasteiger partial charge in [-0.2, -0.15) is 10.1 Å². The Morgan fingerprint density at radius 2 is 2.04 bits per heavy atom. The fraction of sp³-hybridized carbons (Fsp3) is 0.421. The summed E-state index contributed by atoms with van der Waals surface area (Å²) in [7, 11) is 1.66. The number of nitrogens with two attached hydrogens (primary N) is 1. The summed E-state index contributed by atoms with van der Waals surface area (Å²) >= 11 is 0. The first-order chi connectivity index (χ1) is 13.1. The molecular formula is C19H27N7O. The van der Waals surface area contributed by atoms with Gasteiger partial charge in [-0.3, -0.25) is 5.10 Å². The van der Waals surface area contributed by atoms with Crippen LogP contribution in [0.4, 0.5) is 11.8 Å². The van der Waals surface area contributed by atoms with Crippen molar-refractivity contribution in [2.75, 3.05) is 30.8 Å². The van der Waals surface area contributed by atoms with E-state index in [1.165, 1.54) is 0 Å². The Bertz CT molecular complexity index is 891. The zero-order valence-corrected chi connectivity index (χ0v) is 16.0. The van der Waals surface area contributed by atoms with Crippen LogP contribution in [0.5, 0.6) is 5.75 Å². The lowest BCUT2D eigenvalue weighted by Gasteiger charge is -2.11. The van der Waals surface area contributed by atoms with Gasteiger partial charge in [-0.05, 0) is 36.6 Å². The number of fused-ring (bicyclic) bond motifs is 1. The number of methoxy groups -OCH3 is 1. The van der Waals surface area contributed by atoms with Crippen LogP contribution in [0.2, 0.25) is 0 Å². The molecule has 0 amide bonds. The third-order valence-electron chi connectivity index (χ3n) is 4.26. The molecule has 144 valence electrons. The number of H-pyrrole nitrogens is 1. The van der Waals surface area contributed by atoms with E-state index in [0.717, 1.165) is 41.0 Å². The molecule has 0 spiro atoms. The predicted molar refractivity (Wildman–Crippen MR) is 108 cm³/mol. The average Bonchev–Trinajstić information content (AvgIpc) is 3.11. The SMILES string of the molecule is COc1cccc(CNc2nc(NCCCN)nc3c(C(C)C)[nH]nc23)c1. The topological polar surface area (TPSA) is 114 Å². The van der Waals surface area contributed by atoms with Crippen molar-refractivity contribution in [3.63, 3.8) is 0 Å². The molecule has 0 saturated carbocycles. The third kappa shape index (κ3) is 4.46. The van der Waals surface area contributed by atoms with Crippen LogP contribution in [0.25, 0.3) is 11.0 Å². The van der Waals surface area contributed by atoms with Crippen LogP contribution in [-0.4, -0.2) is 40.4 Å². The van der Waals surface area contributed by atoms with E-state index in [4.69, 9.17) is 10.5 Å². The van der Waals surface area contributed by atoms with Gasteiger partial charge in [0.25, 0.3) is 0 Å². The molecule has 0 atom stereocenters. The predicted octanol–water partition coefficient (Wildman–Crippen LogP) is 2.86. The van der Waals surface area contributed by atoms with E-state index in [0.29, 0.717) is 24.9 Å². The van der Waals surface area contributed by atoms with Crippen LogP contribution in [0.1, 0.15) is 37.4 Å². The molecule has 8 heteroatoms. The van der Waals surface area contributed by atoms with Crippen LogP contribution >= 0.6 is 0 Å². The van der Waals surface area contributed by atoms with Crippen molar-refractivity contribution in [2.24, 2.45) is 5.73 Å². The van der Waals surface area contributed by atoms with Gasteiger partial charge in [-0.15, -0.1) is 0 Å². The second kappa shape index (κ2) is 8.68. The fourth-order valence-electron chi connectivity index (χ4n) is 2.79. The Kier molecular flexibility index (Phi) is 6.08. The van der Waals surface area contributed by atoms with Gasteiger partial charge in [0.2, 0.25) is 5.95 Å². The smallest absolute Gasteiger partial charge is 0.225 e. The third-order valence-corrected chi connectivity index (χ3v) is 4.26. The molecule has 0 saturated heterocycles. The summed E-state index contributed by atoms with van der Waals surface area (Å²) in [4.78, 5) is 9.27. The van der Waals surface area contributed by atoms with E-state index in [2.05, 4.69) is 44.6 Å². The molecule has 0 bridgehead atoms. The van der Waals surface area contributed by atoms with E-state index in [1.54, 1.807) is 7.11 Å². The van der Waals surface area contributed by atoms with Crippen molar-refractivity contribution in [1.29, 1.82) is 0 Å². The quantitative estimate of drug-likeness (QED) is 0.429. The van der Waals surface area contributed by atoms with Gasteiger partial charge in [0.15, 0.2) is 11.3 Å². The molecule has 0 radical (unpaired) electrons. The highest BCUT2D eigenvalue weighted by Crippen LogP contribution is 2.27. The summed E-state index contributed by atoms with van der Waals surface area (Å²) in [6, 6.07) is 7.93. The maximum atomic E-state index is 5.58. The lowest BCUT2D eigenvalue weighted by Crippen LogP contribution is -2.12. The molecule has 0 aliphatic rings. The van der Waals surface area contributed by atoms with Crippen molar-refractivity contribution in [3.8, 4) is 5.75 Å². The lowest BCUT2D eigenvalue weighted by atomic mass is 10.1. The summed E-state index contributed by atoms with van der Waals surface area (Å²) in [5.74, 6) is 2.38. The Labute approximate surface area is 158 Å². The number of nitrogens with zero attached hydrogens (tertiary/aromatic N) is 3. The molecule has 3 rings (SSSR count). The standard InChI is InChI=1S/C19H27N7O/c1-12(2)15-16-17(26-25-15)18(24-19(23-16)21-9-5-8-20)22-11-13-6-4-7-14(10-13)27-3/h4,6-7,10,12H,5,8-9,11,20H2,1-3H3,(H,25,26)(H2,21,22,23,24). The molecule has 27 heavy (non-hydrogen) atoms. The van der Waals surface area contributed by atoms with Gasteiger partial charge in [-0.1, -0.05) is 26.0 Å². The van der Waals surface area contributed by atoms with Crippen molar-refractivity contribution in [3.05, 3.63) is 35.5 Å². The number of ether oxygens (including phenoxy) is 1. The molecule has 2 heterocycles. The molecular weight excluding hydrogens is 342 g/mol. The van der Waals surface area contributed by atoms with E-state index < -0.39 is 0 Å². The summed E-state index contributed by atoms with van der Waals surface area (Å²) in [5, 5.41) is 14.2. The van der Waals surface area contributed by atoms with Crippen LogP contribution in [-0.2, 0) is 6.54 Å². The number of rotatable bonds is 9. The van der Waals surface area contributed by atoms with Gasteiger partial charge in [0.1, 0.15) is 11.3 Å². The molecule has 8 nitrogen and oxygen atoms in total. The minimum Gasteiger partial charge on any atom is -0.497 e. The molecule has 0 aliphatic heterocycles. The highest BCUT2D eigenvalue weighted by atomic mass is 16.5. The van der Waals surface area contributed by atoms with Crippen LogP contribution in [0.15, 0.2) is 24.3 Å². The molecule has 5 N–H and O–H groups in total. The minimum absolute atomic E-state index is 0.285. The number of aromatic amines is 1. The normalized spacial score (nSPS) is 11.1. The second-order valence-corrected chi connectivity index (χ2v) is 6.66. The van der Waals surface area contributed by atoms with E-state index >= 15 is 0 Å². The first-order valence-corrected chi connectivity index (χ1v) is 9.19. The van der Waals surface area contributed by atoms with Gasteiger partial charge in [0, 0.05) is 13.1 Å². The summed E-state index contributed by atoms with van der Waals surface area (Å²) in [6.07, 6.45) is 0.858. The number of anilines is 2. The van der Waals surface area contributed by atoms with Crippen LogP contribution < -0.4 is 21.1 Å². The van der Waals surface area contributed by atoms with E-state index in [9.17, 15) is 0 Å². The molecule has 0 unspecified atom stereocenters. The number of nitrogens with one attached hydrogen (secondary N) is 3. The van der Waals surface area contributed by atoms with Crippen molar-refractivity contribution in [2.45, 2.75) is 32.7 Å². The highest BCUT2D eigenvalue weighted by molar-refractivity contribution is 5.88. The number of hydrogen-bond acceptors (Lipinski definition) is 7. The number of aromatic nitrogens is 4. The Morgan fingerprint density at radius 1 is 1.19 bits per heavy atom. The largest absolute Gasteiger partial charge is 0.497 e. The van der Waals surface area contributed by atoms with Gasteiger partial charge in [-0.25, -0.2) is 4.98 Å². The van der Waals surface area contributed by atoms with Crippen LogP contribution in [0.3, 0.4) is 0 Å². The first-order valence-electron chi connectivity index (χ1n) is 9.19. The number of benzene rings is 1. The maximum absolute atomic E-state index is 5.58. The summed E-state index contributed by atoms with van der Waals surface area (Å²) in [6.45, 7) is 6.18. The van der Waals surface area contributed by atoms with E-state index in [-0.39, 0.29) is 5.92 Å². The number of hydrogen-bond donors (Lipinski definition) is 4. The molecule has 0 fully saturated rings. The molecule has 3 aromatic rings. The Balaban J connectivity index is 1.89. The summed E-state index contributed by atoms with van der Waals surface area (Å²) in [5.41, 5.74) is 9.25. The first kappa shape index (κ1) is 18.9. The second-order valence-electron chi connectivity index (χ2n) is 6.66. The molecule has 0 aliphatic carbocycles. The Hall–Kier alpha value is -2.87. The highest BCUT2D eigenvalue weighted by Gasteiger charge is 2.16. The molecule has 2 aromatic heterocycles. The van der Waals surface area contributed by atoms with Crippen LogP contribution in [0, 0.1) is 0 Å². The lowest BCUT2D eigenvalue weighted by molar-refractivity contribution is 0.414. The zero-order chi connectivity index (χ0) is 19.2. The zero-order valence-electron chi connectivity index (χ0n) is 16.0. The monoisotopic (exact) mass is 369 g/mol. The van der Waals surface area contributed by atoms with E-state index in [1.807, 2.05) is 24.3 Å². The minimum atomic E-state index is 0.285.